The van der Waals surface area contributed by atoms with E-state index in [0.717, 1.165) is 44.1 Å². The zero-order chi connectivity index (χ0) is 17.6. The van der Waals surface area contributed by atoms with Gasteiger partial charge in [-0.1, -0.05) is 53.2 Å². The first-order valence-electron chi connectivity index (χ1n) is 9.35. The molecular formula is C19H40N4O2. The minimum atomic E-state index is 0. The molecule has 1 heterocycles. The molecule has 0 aliphatic carbocycles. The Morgan fingerprint density at radius 3 is 2.44 bits per heavy atom. The summed E-state index contributed by atoms with van der Waals surface area (Å²) in [6, 6.07) is 0.503. The van der Waals surface area contributed by atoms with Crippen LogP contribution in [0.4, 0.5) is 0 Å². The van der Waals surface area contributed by atoms with Crippen molar-refractivity contribution in [3.05, 3.63) is 11.9 Å². The molecule has 0 spiro atoms. The lowest BCUT2D eigenvalue weighted by molar-refractivity contribution is 0.0421. The van der Waals surface area contributed by atoms with E-state index in [1.807, 2.05) is 10.9 Å². The van der Waals surface area contributed by atoms with Crippen molar-refractivity contribution in [2.24, 2.45) is 5.92 Å². The van der Waals surface area contributed by atoms with Crippen molar-refractivity contribution < 1.29 is 9.47 Å². The second-order valence-electron chi connectivity index (χ2n) is 6.92. The van der Waals surface area contributed by atoms with Crippen molar-refractivity contribution >= 4 is 0 Å². The monoisotopic (exact) mass is 356 g/mol. The maximum absolute atomic E-state index is 5.62. The Morgan fingerprint density at radius 1 is 1.04 bits per heavy atom. The number of aromatic nitrogens is 3. The highest BCUT2D eigenvalue weighted by molar-refractivity contribution is 4.94. The van der Waals surface area contributed by atoms with Gasteiger partial charge in [0.25, 0.3) is 0 Å². The molecule has 0 bridgehead atoms. The molecule has 1 N–H and O–H groups in total. The molecular weight excluding hydrogens is 316 g/mol. The first-order valence-corrected chi connectivity index (χ1v) is 9.35. The van der Waals surface area contributed by atoms with Gasteiger partial charge in [-0.3, -0.25) is 0 Å². The van der Waals surface area contributed by atoms with Crippen molar-refractivity contribution in [2.45, 2.75) is 73.4 Å². The van der Waals surface area contributed by atoms with Crippen molar-refractivity contribution in [1.82, 2.24) is 20.3 Å². The fraction of sp³-hybridized carbons (Fsp3) is 0.895. The number of hydrogen-bond acceptors (Lipinski definition) is 5. The van der Waals surface area contributed by atoms with Crippen molar-refractivity contribution in [2.75, 3.05) is 33.0 Å². The summed E-state index contributed by atoms with van der Waals surface area (Å²) < 4.78 is 13.1. The molecule has 0 saturated heterocycles. The summed E-state index contributed by atoms with van der Waals surface area (Å²) >= 11 is 0. The van der Waals surface area contributed by atoms with Crippen LogP contribution in [0.1, 0.15) is 60.1 Å². The van der Waals surface area contributed by atoms with E-state index < -0.39 is 0 Å². The minimum Gasteiger partial charge on any atom is -0.379 e. The molecule has 0 aliphatic rings. The van der Waals surface area contributed by atoms with Gasteiger partial charge in [-0.15, -0.1) is 5.10 Å². The SMILES string of the molecule is C.CC(C)CCCCOCCOCCn1nncc1CCNC(C)C. The summed E-state index contributed by atoms with van der Waals surface area (Å²) in [6.45, 7) is 13.3. The van der Waals surface area contributed by atoms with E-state index in [4.69, 9.17) is 9.47 Å². The van der Waals surface area contributed by atoms with E-state index in [2.05, 4.69) is 43.3 Å². The molecule has 0 aromatic carbocycles. The Kier molecular flexibility index (Phi) is 14.7. The maximum Gasteiger partial charge on any atom is 0.0725 e. The molecule has 0 aliphatic heterocycles. The Bertz CT molecular complexity index is 408. The molecule has 148 valence electrons. The maximum atomic E-state index is 5.62. The number of nitrogens with zero attached hydrogens (tertiary/aromatic N) is 3. The molecule has 0 saturated carbocycles. The molecule has 0 radical (unpaired) electrons. The summed E-state index contributed by atoms with van der Waals surface area (Å²) in [5.41, 5.74) is 1.15. The van der Waals surface area contributed by atoms with Crippen LogP contribution >= 0.6 is 0 Å². The van der Waals surface area contributed by atoms with Gasteiger partial charge in [0, 0.05) is 25.6 Å². The van der Waals surface area contributed by atoms with Crippen LogP contribution in [0.5, 0.6) is 0 Å². The van der Waals surface area contributed by atoms with Gasteiger partial charge in [0.15, 0.2) is 0 Å². The summed E-state index contributed by atoms with van der Waals surface area (Å²) in [5.74, 6) is 0.788. The predicted octanol–water partition coefficient (Wildman–Crippen LogP) is 3.31. The number of hydrogen-bond donors (Lipinski definition) is 1. The van der Waals surface area contributed by atoms with Gasteiger partial charge in [0.1, 0.15) is 0 Å². The summed E-state index contributed by atoms with van der Waals surface area (Å²) in [7, 11) is 0. The van der Waals surface area contributed by atoms with Crippen LogP contribution in [0, 0.1) is 5.92 Å². The van der Waals surface area contributed by atoms with Gasteiger partial charge in [-0.2, -0.15) is 0 Å². The highest BCUT2D eigenvalue weighted by Gasteiger charge is 2.04. The van der Waals surface area contributed by atoms with Gasteiger partial charge in [0.2, 0.25) is 0 Å². The van der Waals surface area contributed by atoms with Crippen LogP contribution in [0.2, 0.25) is 0 Å². The third kappa shape index (κ3) is 13.0. The highest BCUT2D eigenvalue weighted by atomic mass is 16.5. The van der Waals surface area contributed by atoms with E-state index in [1.54, 1.807) is 0 Å². The first kappa shape index (κ1) is 24.0. The van der Waals surface area contributed by atoms with Crippen molar-refractivity contribution in [3.63, 3.8) is 0 Å². The van der Waals surface area contributed by atoms with E-state index >= 15 is 0 Å². The molecule has 1 aromatic rings. The van der Waals surface area contributed by atoms with Crippen LogP contribution < -0.4 is 5.32 Å². The molecule has 6 nitrogen and oxygen atoms in total. The Balaban J connectivity index is 0.00000576. The summed E-state index contributed by atoms with van der Waals surface area (Å²) in [4.78, 5) is 0. The highest BCUT2D eigenvalue weighted by Crippen LogP contribution is 2.05. The van der Waals surface area contributed by atoms with Crippen LogP contribution in [0.3, 0.4) is 0 Å². The molecule has 25 heavy (non-hydrogen) atoms. The van der Waals surface area contributed by atoms with Gasteiger partial charge in [0.05, 0.1) is 38.3 Å². The second-order valence-corrected chi connectivity index (χ2v) is 6.92. The second kappa shape index (κ2) is 15.3. The Morgan fingerprint density at radius 2 is 1.76 bits per heavy atom. The molecule has 0 atom stereocenters. The van der Waals surface area contributed by atoms with E-state index in [0.29, 0.717) is 25.9 Å². The Labute approximate surface area is 154 Å². The first-order chi connectivity index (χ1) is 11.6. The average Bonchev–Trinajstić information content (AvgIpc) is 2.96. The molecule has 1 aromatic heterocycles. The standard InChI is InChI=1S/C18H36N4O2.CH4/c1-16(2)7-5-6-11-23-13-14-24-12-10-22-18(15-20-21-22)8-9-19-17(3)4;/h15-17,19H,5-14H2,1-4H3;1H4. The zero-order valence-corrected chi connectivity index (χ0v) is 16.0. The minimum absolute atomic E-state index is 0. The van der Waals surface area contributed by atoms with E-state index in [1.165, 1.54) is 12.8 Å². The van der Waals surface area contributed by atoms with Crippen LogP contribution in [-0.2, 0) is 22.4 Å². The van der Waals surface area contributed by atoms with Gasteiger partial charge >= 0.3 is 0 Å². The largest absolute Gasteiger partial charge is 0.379 e. The summed E-state index contributed by atoms with van der Waals surface area (Å²) in [5, 5.41) is 11.5. The lowest BCUT2D eigenvalue weighted by atomic mass is 10.1. The fourth-order valence-corrected chi connectivity index (χ4v) is 2.38. The Hall–Kier alpha value is -0.980. The predicted molar refractivity (Wildman–Crippen MR) is 104 cm³/mol. The molecule has 6 heteroatoms. The molecule has 0 unspecified atom stereocenters. The molecule has 0 amide bonds. The average molecular weight is 357 g/mol. The third-order valence-corrected chi connectivity index (χ3v) is 3.77. The van der Waals surface area contributed by atoms with Gasteiger partial charge in [-0.05, 0) is 12.3 Å². The number of rotatable bonds is 15. The zero-order valence-electron chi connectivity index (χ0n) is 16.0. The quantitative estimate of drug-likeness (QED) is 0.489. The fourth-order valence-electron chi connectivity index (χ4n) is 2.38. The summed E-state index contributed by atoms with van der Waals surface area (Å²) in [6.07, 6.45) is 6.45. The van der Waals surface area contributed by atoms with E-state index in [-0.39, 0.29) is 7.43 Å². The van der Waals surface area contributed by atoms with E-state index in [9.17, 15) is 0 Å². The van der Waals surface area contributed by atoms with Crippen LogP contribution in [0.25, 0.3) is 0 Å². The third-order valence-electron chi connectivity index (χ3n) is 3.77. The number of unbranched alkanes of at least 4 members (excludes halogenated alkanes) is 1. The van der Waals surface area contributed by atoms with Crippen LogP contribution in [0.15, 0.2) is 6.20 Å². The van der Waals surface area contributed by atoms with Gasteiger partial charge < -0.3 is 14.8 Å². The molecule has 0 fully saturated rings. The lowest BCUT2D eigenvalue weighted by Crippen LogP contribution is -2.26. The van der Waals surface area contributed by atoms with Crippen molar-refractivity contribution in [1.29, 1.82) is 0 Å². The molecule has 1 rings (SSSR count). The number of nitrogens with one attached hydrogen (secondary N) is 1. The number of ether oxygens (including phenoxy) is 2. The van der Waals surface area contributed by atoms with Crippen molar-refractivity contribution in [3.8, 4) is 0 Å². The smallest absolute Gasteiger partial charge is 0.0725 e. The normalized spacial score (nSPS) is 11.3. The van der Waals surface area contributed by atoms with Gasteiger partial charge in [-0.25, -0.2) is 4.68 Å². The van der Waals surface area contributed by atoms with Crippen LogP contribution in [-0.4, -0.2) is 54.0 Å². The topological polar surface area (TPSA) is 61.2 Å². The lowest BCUT2D eigenvalue weighted by Gasteiger charge is -2.10.